The molecule has 164 valence electrons. The average molecular weight is 446 g/mol. The van der Waals surface area contributed by atoms with Gasteiger partial charge in [-0.2, -0.15) is 0 Å². The lowest BCUT2D eigenvalue weighted by atomic mass is 9.86. The second kappa shape index (κ2) is 8.42. The van der Waals surface area contributed by atoms with Gasteiger partial charge in [-0.05, 0) is 48.7 Å². The Morgan fingerprint density at radius 3 is 2.65 bits per heavy atom. The SMILES string of the molecule is CS(=O)(=O)c1ccc(CC(=O)N2CCCC(C3CC(=O)c4cc(F)ccc4O3)C2)cc1. The van der Waals surface area contributed by atoms with Gasteiger partial charge in [0.15, 0.2) is 15.6 Å². The Hall–Kier alpha value is -2.74. The number of ether oxygens (including phenoxy) is 1. The second-order valence-electron chi connectivity index (χ2n) is 8.26. The molecule has 8 heteroatoms. The zero-order valence-corrected chi connectivity index (χ0v) is 18.0. The van der Waals surface area contributed by atoms with Crippen LogP contribution in [0.25, 0.3) is 0 Å². The third kappa shape index (κ3) is 4.79. The van der Waals surface area contributed by atoms with Crippen molar-refractivity contribution in [3.05, 3.63) is 59.4 Å². The minimum absolute atomic E-state index is 0.0208. The topological polar surface area (TPSA) is 80.8 Å². The third-order valence-electron chi connectivity index (χ3n) is 5.95. The number of halogens is 1. The van der Waals surface area contributed by atoms with Crippen molar-refractivity contribution in [3.63, 3.8) is 0 Å². The molecule has 2 aliphatic rings. The van der Waals surface area contributed by atoms with Crippen LogP contribution >= 0.6 is 0 Å². The van der Waals surface area contributed by atoms with E-state index in [2.05, 4.69) is 0 Å². The maximum Gasteiger partial charge on any atom is 0.227 e. The Morgan fingerprint density at radius 1 is 1.19 bits per heavy atom. The van der Waals surface area contributed by atoms with Gasteiger partial charge in [0.05, 0.1) is 16.9 Å². The fourth-order valence-corrected chi connectivity index (χ4v) is 4.89. The quantitative estimate of drug-likeness (QED) is 0.723. The van der Waals surface area contributed by atoms with Crippen LogP contribution in [0.5, 0.6) is 5.75 Å². The standard InChI is InChI=1S/C23H24FNO5S/c1-31(28,29)18-7-4-15(5-8-18)11-23(27)25-10-2-3-16(14-25)22-13-20(26)19-12-17(24)6-9-21(19)30-22/h4-9,12,16,22H,2-3,10-11,13-14H2,1H3. The van der Waals surface area contributed by atoms with Crippen molar-refractivity contribution in [2.45, 2.75) is 36.7 Å². The molecule has 0 aromatic heterocycles. The van der Waals surface area contributed by atoms with E-state index in [1.54, 1.807) is 17.0 Å². The van der Waals surface area contributed by atoms with Gasteiger partial charge in [0.25, 0.3) is 0 Å². The normalized spacial score (nSPS) is 21.4. The summed E-state index contributed by atoms with van der Waals surface area (Å²) in [6.45, 7) is 1.13. The van der Waals surface area contributed by atoms with Crippen LogP contribution in [0.3, 0.4) is 0 Å². The van der Waals surface area contributed by atoms with Gasteiger partial charge in [-0.25, -0.2) is 12.8 Å². The predicted molar refractivity (Wildman–Crippen MR) is 112 cm³/mol. The van der Waals surface area contributed by atoms with E-state index < -0.39 is 15.7 Å². The van der Waals surface area contributed by atoms with Crippen molar-refractivity contribution in [3.8, 4) is 5.75 Å². The highest BCUT2D eigenvalue weighted by Crippen LogP contribution is 2.33. The average Bonchev–Trinajstić information content (AvgIpc) is 2.74. The molecule has 0 aliphatic carbocycles. The lowest BCUT2D eigenvalue weighted by Crippen LogP contribution is -2.46. The van der Waals surface area contributed by atoms with Gasteiger partial charge in [-0.3, -0.25) is 9.59 Å². The first-order chi connectivity index (χ1) is 14.7. The number of hydrogen-bond donors (Lipinski definition) is 0. The van der Waals surface area contributed by atoms with E-state index in [-0.39, 0.29) is 47.0 Å². The van der Waals surface area contributed by atoms with Gasteiger partial charge >= 0.3 is 0 Å². The summed E-state index contributed by atoms with van der Waals surface area (Å²) in [7, 11) is -3.27. The number of sulfone groups is 1. The van der Waals surface area contributed by atoms with Gasteiger partial charge in [0, 0.05) is 31.7 Å². The van der Waals surface area contributed by atoms with Crippen LogP contribution in [-0.2, 0) is 21.1 Å². The predicted octanol–water partition coefficient (Wildman–Crippen LogP) is 3.04. The highest BCUT2D eigenvalue weighted by molar-refractivity contribution is 7.90. The van der Waals surface area contributed by atoms with Crippen molar-refractivity contribution in [1.82, 2.24) is 4.90 Å². The third-order valence-corrected chi connectivity index (χ3v) is 7.08. The number of Topliss-reactive ketones (excluding diaryl/α,β-unsaturated/α-hetero) is 1. The molecule has 2 unspecified atom stereocenters. The number of carbonyl (C=O) groups excluding carboxylic acids is 2. The van der Waals surface area contributed by atoms with Crippen LogP contribution < -0.4 is 4.74 Å². The minimum Gasteiger partial charge on any atom is -0.489 e. The minimum atomic E-state index is -3.27. The zero-order chi connectivity index (χ0) is 22.2. The first-order valence-corrected chi connectivity index (χ1v) is 12.2. The Labute approximate surface area is 180 Å². The molecule has 0 bridgehead atoms. The van der Waals surface area contributed by atoms with E-state index in [0.717, 1.165) is 24.7 Å². The molecule has 2 atom stereocenters. The summed E-state index contributed by atoms with van der Waals surface area (Å²) in [5.74, 6) is -0.223. The van der Waals surface area contributed by atoms with Crippen LogP contribution in [0, 0.1) is 11.7 Å². The molecule has 0 N–H and O–H groups in total. The van der Waals surface area contributed by atoms with E-state index in [9.17, 15) is 22.4 Å². The molecule has 2 aromatic rings. The number of nitrogens with zero attached hydrogens (tertiary/aromatic N) is 1. The summed E-state index contributed by atoms with van der Waals surface area (Å²) in [4.78, 5) is 27.3. The molecule has 0 radical (unpaired) electrons. The van der Waals surface area contributed by atoms with Crippen molar-refractivity contribution < 1.29 is 27.1 Å². The molecule has 1 saturated heterocycles. The highest BCUT2D eigenvalue weighted by atomic mass is 32.2. The maximum atomic E-state index is 13.4. The lowest BCUT2D eigenvalue weighted by molar-refractivity contribution is -0.133. The molecular formula is C23H24FNO5S. The summed E-state index contributed by atoms with van der Waals surface area (Å²) >= 11 is 0. The molecule has 0 saturated carbocycles. The fourth-order valence-electron chi connectivity index (χ4n) is 4.26. The zero-order valence-electron chi connectivity index (χ0n) is 17.2. The van der Waals surface area contributed by atoms with Crippen molar-refractivity contribution in [2.24, 2.45) is 5.92 Å². The molecule has 2 aromatic carbocycles. The van der Waals surface area contributed by atoms with Gasteiger partial charge in [-0.15, -0.1) is 0 Å². The Morgan fingerprint density at radius 2 is 1.94 bits per heavy atom. The maximum absolute atomic E-state index is 13.4. The first kappa shape index (κ1) is 21.5. The van der Waals surface area contributed by atoms with Gasteiger partial charge in [0.1, 0.15) is 17.7 Å². The van der Waals surface area contributed by atoms with E-state index in [1.165, 1.54) is 30.3 Å². The summed E-state index contributed by atoms with van der Waals surface area (Å²) in [5.41, 5.74) is 1.03. The van der Waals surface area contributed by atoms with E-state index in [1.807, 2.05) is 0 Å². The number of ketones is 1. The summed E-state index contributed by atoms with van der Waals surface area (Å²) < 4.78 is 42.6. The highest BCUT2D eigenvalue weighted by Gasteiger charge is 2.36. The molecule has 6 nitrogen and oxygen atoms in total. The number of likely N-dealkylation sites (tertiary alicyclic amines) is 1. The van der Waals surface area contributed by atoms with Crippen LogP contribution in [0.1, 0.15) is 35.2 Å². The number of amides is 1. The van der Waals surface area contributed by atoms with E-state index in [0.29, 0.717) is 18.8 Å². The molecule has 4 rings (SSSR count). The second-order valence-corrected chi connectivity index (χ2v) is 10.3. The molecule has 2 heterocycles. The Balaban J connectivity index is 1.41. The lowest BCUT2D eigenvalue weighted by Gasteiger charge is -2.38. The molecule has 1 fully saturated rings. The van der Waals surface area contributed by atoms with Crippen LogP contribution in [0.15, 0.2) is 47.4 Å². The van der Waals surface area contributed by atoms with Gasteiger partial charge in [0.2, 0.25) is 5.91 Å². The number of carbonyl (C=O) groups is 2. The number of piperidine rings is 1. The Bertz CT molecular complexity index is 1110. The monoisotopic (exact) mass is 445 g/mol. The molecule has 1 amide bonds. The number of benzene rings is 2. The largest absolute Gasteiger partial charge is 0.489 e. The van der Waals surface area contributed by atoms with Gasteiger partial charge in [-0.1, -0.05) is 12.1 Å². The summed E-state index contributed by atoms with van der Waals surface area (Å²) in [6.07, 6.45) is 2.83. The number of rotatable bonds is 4. The smallest absolute Gasteiger partial charge is 0.227 e. The van der Waals surface area contributed by atoms with Crippen LogP contribution in [0.4, 0.5) is 4.39 Å². The van der Waals surface area contributed by atoms with Gasteiger partial charge < -0.3 is 9.64 Å². The number of hydrogen-bond acceptors (Lipinski definition) is 5. The number of fused-ring (bicyclic) bond motifs is 1. The van der Waals surface area contributed by atoms with Crippen LogP contribution in [-0.4, -0.2) is 50.5 Å². The Kier molecular flexibility index (Phi) is 5.83. The molecular weight excluding hydrogens is 421 g/mol. The van der Waals surface area contributed by atoms with Crippen molar-refractivity contribution in [2.75, 3.05) is 19.3 Å². The fraction of sp³-hybridized carbons (Fsp3) is 0.391. The van der Waals surface area contributed by atoms with E-state index in [4.69, 9.17) is 4.74 Å². The van der Waals surface area contributed by atoms with E-state index >= 15 is 0 Å². The summed E-state index contributed by atoms with van der Waals surface area (Å²) in [5, 5.41) is 0. The summed E-state index contributed by atoms with van der Waals surface area (Å²) in [6, 6.07) is 10.3. The first-order valence-electron chi connectivity index (χ1n) is 10.3. The van der Waals surface area contributed by atoms with Crippen molar-refractivity contribution >= 4 is 21.5 Å². The molecule has 0 spiro atoms. The van der Waals surface area contributed by atoms with Crippen molar-refractivity contribution in [1.29, 1.82) is 0 Å². The molecule has 31 heavy (non-hydrogen) atoms. The molecule has 2 aliphatic heterocycles. The van der Waals surface area contributed by atoms with Crippen LogP contribution in [0.2, 0.25) is 0 Å².